The van der Waals surface area contributed by atoms with Crippen LogP contribution in [0, 0.1) is 0 Å². The fourth-order valence-corrected chi connectivity index (χ4v) is 2.58. The van der Waals surface area contributed by atoms with Gasteiger partial charge in [0.05, 0.1) is 17.8 Å². The summed E-state index contributed by atoms with van der Waals surface area (Å²) < 4.78 is 10.8. The molecule has 3 rings (SSSR count). The number of nitrogens with two attached hydrogens (primary N) is 2. The van der Waals surface area contributed by atoms with Crippen LogP contribution in [0.2, 0.25) is 0 Å². The quantitative estimate of drug-likeness (QED) is 0.275. The summed E-state index contributed by atoms with van der Waals surface area (Å²) >= 11 is 0. The lowest BCUT2D eigenvalue weighted by atomic mass is 10.1. The number of rotatable bonds is 4. The third-order valence-electron chi connectivity index (χ3n) is 3.80. The van der Waals surface area contributed by atoms with Crippen molar-refractivity contribution in [3.63, 3.8) is 0 Å². The number of esters is 1. The lowest BCUT2D eigenvalue weighted by Crippen LogP contribution is -2.23. The van der Waals surface area contributed by atoms with E-state index < -0.39 is 12.1 Å². The predicted molar refractivity (Wildman–Crippen MR) is 100 cm³/mol. The fourth-order valence-electron chi connectivity index (χ4n) is 2.58. The second-order valence-corrected chi connectivity index (χ2v) is 5.59. The summed E-state index contributed by atoms with van der Waals surface area (Å²) in [6.07, 6.45) is -1.30. The number of para-hydroxylation sites is 1. The number of fused-ring (bicyclic) bond motifs is 2. The molecule has 0 amide bonds. The van der Waals surface area contributed by atoms with E-state index in [1.54, 1.807) is 6.92 Å². The maximum atomic E-state index is 11.9. The molecule has 1 atom stereocenters. The van der Waals surface area contributed by atoms with Gasteiger partial charge >= 0.3 is 5.97 Å². The molecule has 0 saturated carbocycles. The molecule has 0 spiro atoms. The van der Waals surface area contributed by atoms with Gasteiger partial charge in [0.15, 0.2) is 11.5 Å². The molecule has 1 unspecified atom stereocenters. The normalized spacial score (nSPS) is 11.8. The molecule has 0 radical (unpaired) electrons. The Bertz CT molecular complexity index is 972. The van der Waals surface area contributed by atoms with Crippen molar-refractivity contribution in [2.24, 2.45) is 0 Å². The van der Waals surface area contributed by atoms with Crippen molar-refractivity contribution < 1.29 is 24.9 Å². The van der Waals surface area contributed by atoms with Gasteiger partial charge in [0.2, 0.25) is 0 Å². The van der Waals surface area contributed by atoms with Crippen molar-refractivity contribution in [3.8, 4) is 11.5 Å². The average Bonchev–Trinajstić information content (AvgIpc) is 2.60. The van der Waals surface area contributed by atoms with Crippen LogP contribution in [0.25, 0.3) is 21.8 Å². The summed E-state index contributed by atoms with van der Waals surface area (Å²) in [5.74, 6) is -0.569. The lowest BCUT2D eigenvalue weighted by molar-refractivity contribution is -0.142. The van der Waals surface area contributed by atoms with Crippen LogP contribution in [-0.2, 0) is 4.79 Å². The van der Waals surface area contributed by atoms with E-state index in [9.17, 15) is 9.90 Å². The molecule has 8 heteroatoms. The predicted octanol–water partition coefficient (Wildman–Crippen LogP) is 1.41. The van der Waals surface area contributed by atoms with Crippen LogP contribution >= 0.6 is 0 Å². The molecule has 7 N–H and O–H groups in total. The minimum Gasteiger partial charge on any atom is -0.489 e. The van der Waals surface area contributed by atoms with Crippen molar-refractivity contribution in [1.29, 1.82) is 0 Å². The van der Waals surface area contributed by atoms with Crippen LogP contribution in [0.15, 0.2) is 30.3 Å². The zero-order valence-electron chi connectivity index (χ0n) is 14.4. The minimum atomic E-state index is -1.30. The number of ether oxygens (including phenoxy) is 2. The minimum absolute atomic E-state index is 0. The number of nitrogen functional groups attached to an aromatic ring is 2. The molecule has 0 saturated heterocycles. The Hall–Kier alpha value is -3.10. The molecule has 3 aromatic rings. The first-order valence-corrected chi connectivity index (χ1v) is 7.87. The first kappa shape index (κ1) is 19.2. The van der Waals surface area contributed by atoms with Crippen molar-refractivity contribution in [1.82, 2.24) is 4.98 Å². The third kappa shape index (κ3) is 3.19. The van der Waals surface area contributed by atoms with Crippen molar-refractivity contribution in [3.05, 3.63) is 30.3 Å². The number of aromatic nitrogens is 1. The summed E-state index contributed by atoms with van der Waals surface area (Å²) in [6.45, 7) is 3.44. The molecular formula is C18H21N3O5. The summed E-state index contributed by atoms with van der Waals surface area (Å²) in [5, 5.41) is 10.9. The van der Waals surface area contributed by atoms with Crippen molar-refractivity contribution >= 4 is 39.1 Å². The molecule has 0 aliphatic rings. The highest BCUT2D eigenvalue weighted by Crippen LogP contribution is 2.45. The number of carbonyl (C=O) groups is 1. The second-order valence-electron chi connectivity index (χ2n) is 5.59. The molecule has 0 aliphatic carbocycles. The first-order valence-electron chi connectivity index (χ1n) is 7.87. The number of hydrogen-bond donors (Lipinski definition) is 3. The molecule has 0 bridgehead atoms. The fraction of sp³-hybridized carbons (Fsp3) is 0.222. The van der Waals surface area contributed by atoms with Gasteiger partial charge in [0, 0.05) is 10.8 Å². The Kier molecular flexibility index (Phi) is 5.49. The maximum Gasteiger partial charge on any atom is 0.340 e. The molecule has 8 nitrogen and oxygen atoms in total. The topological polar surface area (TPSA) is 152 Å². The van der Waals surface area contributed by atoms with Gasteiger partial charge in [-0.05, 0) is 26.0 Å². The van der Waals surface area contributed by atoms with Crippen LogP contribution in [-0.4, -0.2) is 34.2 Å². The average molecular weight is 359 g/mol. The van der Waals surface area contributed by atoms with Gasteiger partial charge in [-0.1, -0.05) is 18.2 Å². The molecule has 2 aromatic carbocycles. The number of pyridine rings is 1. The summed E-state index contributed by atoms with van der Waals surface area (Å²) in [4.78, 5) is 16.4. The summed E-state index contributed by atoms with van der Waals surface area (Å²) in [6, 6.07) is 9.32. The third-order valence-corrected chi connectivity index (χ3v) is 3.80. The Morgan fingerprint density at radius 1 is 1.23 bits per heavy atom. The van der Waals surface area contributed by atoms with E-state index in [0.29, 0.717) is 28.7 Å². The number of hydrogen-bond acceptors (Lipinski definition) is 7. The number of benzene rings is 2. The molecule has 1 aromatic heterocycles. The van der Waals surface area contributed by atoms with Gasteiger partial charge < -0.3 is 31.5 Å². The number of nitrogens with zero attached hydrogens (tertiary/aromatic N) is 1. The monoisotopic (exact) mass is 359 g/mol. The first-order chi connectivity index (χ1) is 11.9. The van der Waals surface area contributed by atoms with Gasteiger partial charge in [-0.3, -0.25) is 0 Å². The van der Waals surface area contributed by atoms with Crippen LogP contribution in [0.5, 0.6) is 11.5 Å². The van der Waals surface area contributed by atoms with Gasteiger partial charge in [0.25, 0.3) is 0 Å². The molecule has 26 heavy (non-hydrogen) atoms. The van der Waals surface area contributed by atoms with Crippen LogP contribution in [0.3, 0.4) is 0 Å². The van der Waals surface area contributed by atoms with E-state index in [1.165, 1.54) is 6.92 Å². The number of aliphatic hydroxyl groups excluding tert-OH is 1. The van der Waals surface area contributed by atoms with Gasteiger partial charge in [-0.15, -0.1) is 0 Å². The van der Waals surface area contributed by atoms with Gasteiger partial charge in [0.1, 0.15) is 17.3 Å². The van der Waals surface area contributed by atoms with E-state index in [0.717, 1.165) is 5.39 Å². The zero-order chi connectivity index (χ0) is 18.1. The van der Waals surface area contributed by atoms with Gasteiger partial charge in [-0.25, -0.2) is 9.78 Å². The highest BCUT2D eigenvalue weighted by atomic mass is 16.6. The van der Waals surface area contributed by atoms with Crippen LogP contribution in [0.1, 0.15) is 13.8 Å². The van der Waals surface area contributed by atoms with Crippen LogP contribution in [0.4, 0.5) is 11.4 Å². The van der Waals surface area contributed by atoms with Crippen molar-refractivity contribution in [2.75, 3.05) is 18.1 Å². The highest BCUT2D eigenvalue weighted by molar-refractivity contribution is 6.08. The Morgan fingerprint density at radius 2 is 1.92 bits per heavy atom. The Balaban J connectivity index is 0.00000243. The van der Waals surface area contributed by atoms with E-state index in [2.05, 4.69) is 4.98 Å². The smallest absolute Gasteiger partial charge is 0.340 e. The standard InChI is InChI=1S/C18H19N3O4.H2O/c1-3-24-16-13(19)11-8-10-6-4-5-7-12(10)21-15(11)17(14(16)20)25-18(23)9(2)22;/h4-9,22H,3,19-20H2,1-2H3;1H2. The van der Waals surface area contributed by atoms with Crippen LogP contribution < -0.4 is 20.9 Å². The van der Waals surface area contributed by atoms with Gasteiger partial charge in [-0.2, -0.15) is 0 Å². The molecule has 0 fully saturated rings. The van der Waals surface area contributed by atoms with E-state index >= 15 is 0 Å². The number of carbonyl (C=O) groups excluding carboxylic acids is 1. The van der Waals surface area contributed by atoms with E-state index in [-0.39, 0.29) is 22.7 Å². The summed E-state index contributed by atoms with van der Waals surface area (Å²) in [5.41, 5.74) is 13.8. The lowest BCUT2D eigenvalue weighted by Gasteiger charge is -2.18. The largest absolute Gasteiger partial charge is 0.489 e. The zero-order valence-corrected chi connectivity index (χ0v) is 14.4. The molecular weight excluding hydrogens is 338 g/mol. The SMILES string of the molecule is CCOc1c(N)c(OC(=O)C(C)O)c2nc3ccccc3cc2c1N.O. The Morgan fingerprint density at radius 3 is 2.58 bits per heavy atom. The maximum absolute atomic E-state index is 11.9. The Labute approximate surface area is 149 Å². The second kappa shape index (κ2) is 7.42. The summed E-state index contributed by atoms with van der Waals surface area (Å²) in [7, 11) is 0. The van der Waals surface area contributed by atoms with E-state index in [4.69, 9.17) is 20.9 Å². The highest BCUT2D eigenvalue weighted by Gasteiger charge is 2.23. The molecule has 0 aliphatic heterocycles. The molecule has 138 valence electrons. The molecule has 1 heterocycles. The number of anilines is 2. The van der Waals surface area contributed by atoms with E-state index in [1.807, 2.05) is 30.3 Å². The van der Waals surface area contributed by atoms with Crippen molar-refractivity contribution in [2.45, 2.75) is 20.0 Å². The number of aliphatic hydroxyl groups is 1.